The van der Waals surface area contributed by atoms with Crippen LogP contribution < -0.4 is 5.43 Å². The summed E-state index contributed by atoms with van der Waals surface area (Å²) in [7, 11) is 0. The molecule has 2 aromatic heterocycles. The number of alkyl halides is 3. The van der Waals surface area contributed by atoms with Gasteiger partial charge in [0.1, 0.15) is 6.33 Å². The van der Waals surface area contributed by atoms with Crippen LogP contribution in [0.3, 0.4) is 0 Å². The Morgan fingerprint density at radius 1 is 0.931 bits per heavy atom. The third-order valence-corrected chi connectivity index (χ3v) is 4.05. The maximum atomic E-state index is 12.7. The van der Waals surface area contributed by atoms with Crippen molar-refractivity contribution >= 4 is 5.91 Å². The predicted molar refractivity (Wildman–Crippen MR) is 98.4 cm³/mol. The van der Waals surface area contributed by atoms with Crippen molar-refractivity contribution in [2.45, 2.75) is 6.18 Å². The highest BCUT2D eigenvalue weighted by Crippen LogP contribution is 2.28. The number of halogens is 3. The molecule has 4 rings (SSSR count). The van der Waals surface area contributed by atoms with Gasteiger partial charge < -0.3 is 0 Å². The average Bonchev–Trinajstić information content (AvgIpc) is 3.35. The standard InChI is InChI=1S/C19H13F3N6O/c20-19(21,22)17(29)26-27-12-23-24-18(27)28-16(14-9-5-2-6-10-14)11-15(25-28)13-7-3-1-4-8-13/h1-12H,(H,26,29). The molecule has 0 atom stereocenters. The quantitative estimate of drug-likeness (QED) is 0.571. The van der Waals surface area contributed by atoms with E-state index in [1.807, 2.05) is 60.7 Å². The zero-order valence-electron chi connectivity index (χ0n) is 14.7. The summed E-state index contributed by atoms with van der Waals surface area (Å²) in [6.45, 7) is 0. The Morgan fingerprint density at radius 2 is 1.55 bits per heavy atom. The van der Waals surface area contributed by atoms with Crippen molar-refractivity contribution < 1.29 is 18.0 Å². The maximum Gasteiger partial charge on any atom is 0.472 e. The lowest BCUT2D eigenvalue weighted by Gasteiger charge is -2.11. The topological polar surface area (TPSA) is 77.6 Å². The Hall–Kier alpha value is -3.95. The smallest absolute Gasteiger partial charge is 0.263 e. The van der Waals surface area contributed by atoms with Crippen LogP contribution in [0.2, 0.25) is 0 Å². The van der Waals surface area contributed by atoms with Crippen molar-refractivity contribution in [1.29, 1.82) is 0 Å². The van der Waals surface area contributed by atoms with Gasteiger partial charge in [-0.2, -0.15) is 23.0 Å². The summed E-state index contributed by atoms with van der Waals surface area (Å²) in [6, 6.07) is 20.2. The Kier molecular flexibility index (Phi) is 4.59. The van der Waals surface area contributed by atoms with Gasteiger partial charge in [0.15, 0.2) is 0 Å². The number of amides is 1. The van der Waals surface area contributed by atoms with Crippen LogP contribution in [0.5, 0.6) is 0 Å². The number of hydrogen-bond acceptors (Lipinski definition) is 4. The summed E-state index contributed by atoms with van der Waals surface area (Å²) in [5.41, 5.74) is 4.45. The lowest BCUT2D eigenvalue weighted by Crippen LogP contribution is -2.36. The molecule has 0 aliphatic carbocycles. The lowest BCUT2D eigenvalue weighted by atomic mass is 10.1. The fraction of sp³-hybridized carbons (Fsp3) is 0.0526. The minimum atomic E-state index is -5.05. The normalized spacial score (nSPS) is 11.4. The molecule has 7 nitrogen and oxygen atoms in total. The van der Waals surface area contributed by atoms with Crippen molar-refractivity contribution in [1.82, 2.24) is 24.7 Å². The van der Waals surface area contributed by atoms with E-state index in [0.29, 0.717) is 11.4 Å². The third-order valence-electron chi connectivity index (χ3n) is 4.05. The van der Waals surface area contributed by atoms with E-state index in [1.165, 1.54) is 4.68 Å². The number of carbonyl (C=O) groups excluding carboxylic acids is 1. The van der Waals surface area contributed by atoms with Gasteiger partial charge in [-0.3, -0.25) is 10.2 Å². The van der Waals surface area contributed by atoms with Crippen molar-refractivity contribution in [2.75, 3.05) is 5.43 Å². The Morgan fingerprint density at radius 3 is 2.17 bits per heavy atom. The summed E-state index contributed by atoms with van der Waals surface area (Å²) in [4.78, 5) is 11.4. The number of benzene rings is 2. The number of carbonyl (C=O) groups is 1. The molecule has 0 bridgehead atoms. The van der Waals surface area contributed by atoms with Gasteiger partial charge in [0, 0.05) is 11.1 Å². The van der Waals surface area contributed by atoms with Crippen molar-refractivity contribution in [2.24, 2.45) is 0 Å². The molecular weight excluding hydrogens is 385 g/mol. The summed E-state index contributed by atoms with van der Waals surface area (Å²) < 4.78 is 40.1. The van der Waals surface area contributed by atoms with Crippen molar-refractivity contribution in [3.63, 3.8) is 0 Å². The van der Waals surface area contributed by atoms with Gasteiger partial charge in [0.25, 0.3) is 5.95 Å². The molecule has 29 heavy (non-hydrogen) atoms. The van der Waals surface area contributed by atoms with E-state index in [-0.39, 0.29) is 5.95 Å². The summed E-state index contributed by atoms with van der Waals surface area (Å²) in [6.07, 6.45) is -4.08. The lowest BCUT2D eigenvalue weighted by molar-refractivity contribution is -0.168. The molecule has 0 saturated carbocycles. The molecule has 2 heterocycles. The second kappa shape index (κ2) is 7.23. The summed E-state index contributed by atoms with van der Waals surface area (Å²) in [5.74, 6) is -2.24. The summed E-state index contributed by atoms with van der Waals surface area (Å²) >= 11 is 0. The zero-order valence-corrected chi connectivity index (χ0v) is 14.7. The highest BCUT2D eigenvalue weighted by Gasteiger charge is 2.39. The number of nitrogens with one attached hydrogen (secondary N) is 1. The fourth-order valence-electron chi connectivity index (χ4n) is 2.72. The van der Waals surface area contributed by atoms with Gasteiger partial charge in [0.05, 0.1) is 11.4 Å². The molecule has 1 N–H and O–H groups in total. The molecule has 0 saturated heterocycles. The number of nitrogens with zero attached hydrogens (tertiary/aromatic N) is 5. The van der Waals surface area contributed by atoms with Gasteiger partial charge in [-0.1, -0.05) is 60.7 Å². The van der Waals surface area contributed by atoms with Crippen molar-refractivity contribution in [3.8, 4) is 28.5 Å². The SMILES string of the molecule is O=C(Nn1cnnc1-n1nc(-c2ccccc2)cc1-c1ccccc1)C(F)(F)F. The first-order chi connectivity index (χ1) is 13.9. The maximum absolute atomic E-state index is 12.7. The molecule has 2 aromatic carbocycles. The molecule has 0 unspecified atom stereocenters. The molecule has 1 amide bonds. The highest BCUT2D eigenvalue weighted by molar-refractivity contribution is 5.89. The molecule has 0 spiro atoms. The van der Waals surface area contributed by atoms with Crippen LogP contribution in [0.15, 0.2) is 73.1 Å². The van der Waals surface area contributed by atoms with E-state index in [9.17, 15) is 18.0 Å². The molecule has 0 aliphatic rings. The van der Waals surface area contributed by atoms with E-state index >= 15 is 0 Å². The van der Waals surface area contributed by atoms with Crippen LogP contribution >= 0.6 is 0 Å². The zero-order chi connectivity index (χ0) is 20.4. The van der Waals surface area contributed by atoms with E-state index < -0.39 is 12.1 Å². The number of aromatic nitrogens is 5. The first kappa shape index (κ1) is 18.4. The molecule has 0 aliphatic heterocycles. The molecular formula is C19H13F3N6O. The van der Waals surface area contributed by atoms with Gasteiger partial charge in [-0.05, 0) is 6.07 Å². The second-order valence-corrected chi connectivity index (χ2v) is 6.00. The van der Waals surface area contributed by atoms with Gasteiger partial charge in [-0.25, -0.2) is 4.68 Å². The van der Waals surface area contributed by atoms with Crippen LogP contribution in [-0.4, -0.2) is 36.7 Å². The first-order valence-corrected chi connectivity index (χ1v) is 8.43. The highest BCUT2D eigenvalue weighted by atomic mass is 19.4. The van der Waals surface area contributed by atoms with Crippen LogP contribution in [0.1, 0.15) is 0 Å². The molecule has 0 radical (unpaired) electrons. The number of hydrogen-bond donors (Lipinski definition) is 1. The van der Waals surface area contributed by atoms with Crippen LogP contribution in [0.25, 0.3) is 28.5 Å². The largest absolute Gasteiger partial charge is 0.472 e. The van der Waals surface area contributed by atoms with Crippen LogP contribution in [-0.2, 0) is 4.79 Å². The van der Waals surface area contributed by atoms with Crippen molar-refractivity contribution in [3.05, 3.63) is 73.1 Å². The Balaban J connectivity index is 1.83. The monoisotopic (exact) mass is 398 g/mol. The Labute approximate surface area is 162 Å². The number of rotatable bonds is 4. The summed E-state index contributed by atoms with van der Waals surface area (Å²) in [5, 5.41) is 12.0. The average molecular weight is 398 g/mol. The van der Waals surface area contributed by atoms with Gasteiger partial charge >= 0.3 is 12.1 Å². The van der Waals surface area contributed by atoms with E-state index in [1.54, 1.807) is 11.5 Å². The molecule has 0 fully saturated rings. The molecule has 146 valence electrons. The van der Waals surface area contributed by atoms with E-state index in [0.717, 1.165) is 22.1 Å². The van der Waals surface area contributed by atoms with E-state index in [2.05, 4.69) is 15.3 Å². The Bertz CT molecular complexity index is 1140. The molecule has 4 aromatic rings. The second-order valence-electron chi connectivity index (χ2n) is 6.00. The van der Waals surface area contributed by atoms with Crippen LogP contribution in [0, 0.1) is 0 Å². The molecule has 10 heteroatoms. The van der Waals surface area contributed by atoms with Gasteiger partial charge in [-0.15, -0.1) is 10.2 Å². The fourth-order valence-corrected chi connectivity index (χ4v) is 2.72. The van der Waals surface area contributed by atoms with Gasteiger partial charge in [0.2, 0.25) is 0 Å². The van der Waals surface area contributed by atoms with E-state index in [4.69, 9.17) is 0 Å². The minimum Gasteiger partial charge on any atom is -0.263 e. The third kappa shape index (κ3) is 3.72. The first-order valence-electron chi connectivity index (χ1n) is 8.43. The van der Waals surface area contributed by atoms with Crippen LogP contribution in [0.4, 0.5) is 13.2 Å². The predicted octanol–water partition coefficient (Wildman–Crippen LogP) is 3.43. The minimum absolute atomic E-state index is 0.0939.